The quantitative estimate of drug-likeness (QED) is 0.684. The summed E-state index contributed by atoms with van der Waals surface area (Å²) in [7, 11) is 0. The molecule has 0 N–H and O–H groups in total. The number of pyridine rings is 2. The van der Waals surface area contributed by atoms with Gasteiger partial charge in [-0.1, -0.05) is 0 Å². The van der Waals surface area contributed by atoms with E-state index in [-0.39, 0.29) is 0 Å². The van der Waals surface area contributed by atoms with E-state index in [1.54, 1.807) is 12.3 Å². The molecular formula is C18H14F2N2. The summed E-state index contributed by atoms with van der Waals surface area (Å²) >= 11 is 0. The van der Waals surface area contributed by atoms with Crippen LogP contribution in [0.3, 0.4) is 0 Å². The lowest BCUT2D eigenvalue weighted by atomic mass is 10.1. The van der Waals surface area contributed by atoms with Crippen LogP contribution in [0.25, 0.3) is 22.6 Å². The molecule has 0 bridgehead atoms. The number of benzene rings is 1. The van der Waals surface area contributed by atoms with Gasteiger partial charge in [0.2, 0.25) is 0 Å². The molecule has 0 aliphatic heterocycles. The molecule has 3 aromatic rings. The first-order valence-electron chi connectivity index (χ1n) is 6.89. The van der Waals surface area contributed by atoms with Crippen molar-refractivity contribution in [2.24, 2.45) is 0 Å². The Labute approximate surface area is 127 Å². The fourth-order valence-corrected chi connectivity index (χ4v) is 2.32. The number of rotatable bonds is 2. The molecule has 0 aliphatic rings. The Morgan fingerprint density at radius 3 is 2.05 bits per heavy atom. The van der Waals surface area contributed by atoms with Gasteiger partial charge in [0.05, 0.1) is 17.1 Å². The highest BCUT2D eigenvalue weighted by Crippen LogP contribution is 2.25. The van der Waals surface area contributed by atoms with Gasteiger partial charge in [-0.25, -0.2) is 13.8 Å². The molecule has 0 aliphatic carbocycles. The van der Waals surface area contributed by atoms with Gasteiger partial charge in [0, 0.05) is 17.8 Å². The molecule has 0 saturated carbocycles. The normalized spacial score (nSPS) is 10.7. The van der Waals surface area contributed by atoms with Crippen LogP contribution in [-0.2, 0) is 0 Å². The third kappa shape index (κ3) is 3.01. The van der Waals surface area contributed by atoms with Crippen molar-refractivity contribution in [2.45, 2.75) is 13.8 Å². The highest BCUT2D eigenvalue weighted by molar-refractivity contribution is 5.65. The molecule has 2 aromatic heterocycles. The van der Waals surface area contributed by atoms with Gasteiger partial charge in [0.25, 0.3) is 0 Å². The van der Waals surface area contributed by atoms with E-state index in [9.17, 15) is 8.78 Å². The second-order valence-electron chi connectivity index (χ2n) is 5.29. The first kappa shape index (κ1) is 14.3. The maximum Gasteiger partial charge on any atom is 0.126 e. The Kier molecular flexibility index (Phi) is 3.67. The van der Waals surface area contributed by atoms with Gasteiger partial charge in [-0.2, -0.15) is 0 Å². The summed E-state index contributed by atoms with van der Waals surface area (Å²) < 4.78 is 26.8. The monoisotopic (exact) mass is 296 g/mol. The zero-order valence-electron chi connectivity index (χ0n) is 12.3. The van der Waals surface area contributed by atoms with Crippen molar-refractivity contribution in [3.8, 4) is 22.6 Å². The molecule has 2 nitrogen and oxygen atoms in total. The summed E-state index contributed by atoms with van der Waals surface area (Å²) in [5.41, 5.74) is 4.39. The second-order valence-corrected chi connectivity index (χ2v) is 5.29. The zero-order chi connectivity index (χ0) is 15.7. The maximum absolute atomic E-state index is 13.4. The largest absolute Gasteiger partial charge is 0.255 e. The molecule has 22 heavy (non-hydrogen) atoms. The molecule has 0 fully saturated rings. The van der Waals surface area contributed by atoms with Crippen molar-refractivity contribution in [3.05, 3.63) is 71.4 Å². The highest BCUT2D eigenvalue weighted by atomic mass is 19.1. The van der Waals surface area contributed by atoms with Crippen molar-refractivity contribution in [1.29, 1.82) is 0 Å². The third-order valence-corrected chi connectivity index (χ3v) is 3.31. The standard InChI is InChI=1S/C18H14F2N2/c1-11-3-4-21-17(5-11)18-7-12(2)6-16(22-18)13-8-14(19)10-15(20)9-13/h3-10H,1-2H3. The summed E-state index contributed by atoms with van der Waals surface area (Å²) in [4.78, 5) is 8.81. The second kappa shape index (κ2) is 5.64. The summed E-state index contributed by atoms with van der Waals surface area (Å²) in [6.45, 7) is 3.89. The highest BCUT2D eigenvalue weighted by Gasteiger charge is 2.09. The molecule has 110 valence electrons. The van der Waals surface area contributed by atoms with E-state index in [1.807, 2.05) is 32.0 Å². The summed E-state index contributed by atoms with van der Waals surface area (Å²) in [6.07, 6.45) is 1.72. The minimum absolute atomic E-state index is 0.412. The van der Waals surface area contributed by atoms with Gasteiger partial charge < -0.3 is 0 Å². The van der Waals surface area contributed by atoms with Gasteiger partial charge in [-0.05, 0) is 61.4 Å². The van der Waals surface area contributed by atoms with E-state index < -0.39 is 11.6 Å². The molecular weight excluding hydrogens is 282 g/mol. The van der Waals surface area contributed by atoms with Crippen LogP contribution in [0.1, 0.15) is 11.1 Å². The number of aromatic nitrogens is 2. The van der Waals surface area contributed by atoms with Crippen LogP contribution in [0.15, 0.2) is 48.7 Å². The molecule has 0 atom stereocenters. The van der Waals surface area contributed by atoms with Crippen molar-refractivity contribution in [2.75, 3.05) is 0 Å². The average molecular weight is 296 g/mol. The fourth-order valence-electron chi connectivity index (χ4n) is 2.32. The van der Waals surface area contributed by atoms with Crippen molar-refractivity contribution < 1.29 is 8.78 Å². The Hall–Kier alpha value is -2.62. The van der Waals surface area contributed by atoms with Gasteiger partial charge in [-0.3, -0.25) is 4.98 Å². The third-order valence-electron chi connectivity index (χ3n) is 3.31. The summed E-state index contributed by atoms with van der Waals surface area (Å²) in [5.74, 6) is -1.23. The number of aryl methyl sites for hydroxylation is 2. The molecule has 0 radical (unpaired) electrons. The lowest BCUT2D eigenvalue weighted by Crippen LogP contribution is -1.94. The molecule has 1 aromatic carbocycles. The summed E-state index contributed by atoms with van der Waals surface area (Å²) in [6, 6.07) is 10.9. The Balaban J connectivity index is 2.14. The SMILES string of the molecule is Cc1ccnc(-c2cc(C)cc(-c3cc(F)cc(F)c3)n2)c1. The van der Waals surface area contributed by atoms with Gasteiger partial charge in [0.15, 0.2) is 0 Å². The van der Waals surface area contributed by atoms with E-state index in [4.69, 9.17) is 0 Å². The van der Waals surface area contributed by atoms with Crippen LogP contribution in [0.4, 0.5) is 8.78 Å². The molecule has 0 spiro atoms. The number of nitrogens with zero attached hydrogens (tertiary/aromatic N) is 2. The predicted molar refractivity (Wildman–Crippen MR) is 82.3 cm³/mol. The van der Waals surface area contributed by atoms with Gasteiger partial charge in [0.1, 0.15) is 11.6 Å². The lowest BCUT2D eigenvalue weighted by molar-refractivity contribution is 0.584. The molecule has 4 heteroatoms. The minimum Gasteiger partial charge on any atom is -0.255 e. The number of halogens is 2. The van der Waals surface area contributed by atoms with Crippen LogP contribution < -0.4 is 0 Å². The molecule has 2 heterocycles. The molecule has 3 rings (SSSR count). The van der Waals surface area contributed by atoms with Gasteiger partial charge >= 0.3 is 0 Å². The van der Waals surface area contributed by atoms with E-state index in [2.05, 4.69) is 9.97 Å². The number of hydrogen-bond donors (Lipinski definition) is 0. The molecule has 0 unspecified atom stereocenters. The van der Waals surface area contributed by atoms with Crippen molar-refractivity contribution in [1.82, 2.24) is 9.97 Å². The fraction of sp³-hybridized carbons (Fsp3) is 0.111. The summed E-state index contributed by atoms with van der Waals surface area (Å²) in [5, 5.41) is 0. The Morgan fingerprint density at radius 1 is 0.727 bits per heavy atom. The van der Waals surface area contributed by atoms with E-state index in [0.29, 0.717) is 17.0 Å². The Bertz CT molecular complexity index is 824. The van der Waals surface area contributed by atoms with Gasteiger partial charge in [-0.15, -0.1) is 0 Å². The molecule has 0 saturated heterocycles. The average Bonchev–Trinajstić information content (AvgIpc) is 2.45. The van der Waals surface area contributed by atoms with E-state index in [0.717, 1.165) is 22.9 Å². The van der Waals surface area contributed by atoms with Crippen LogP contribution >= 0.6 is 0 Å². The molecule has 0 amide bonds. The first-order valence-corrected chi connectivity index (χ1v) is 6.89. The maximum atomic E-state index is 13.4. The topological polar surface area (TPSA) is 25.8 Å². The van der Waals surface area contributed by atoms with Crippen LogP contribution in [-0.4, -0.2) is 9.97 Å². The van der Waals surface area contributed by atoms with Crippen LogP contribution in [0, 0.1) is 25.5 Å². The first-order chi connectivity index (χ1) is 10.5. The zero-order valence-corrected chi connectivity index (χ0v) is 12.3. The lowest BCUT2D eigenvalue weighted by Gasteiger charge is -2.08. The smallest absolute Gasteiger partial charge is 0.126 e. The van der Waals surface area contributed by atoms with Crippen molar-refractivity contribution >= 4 is 0 Å². The Morgan fingerprint density at radius 2 is 1.36 bits per heavy atom. The predicted octanol–water partition coefficient (Wildman–Crippen LogP) is 4.71. The van der Waals surface area contributed by atoms with E-state index >= 15 is 0 Å². The van der Waals surface area contributed by atoms with Crippen LogP contribution in [0.2, 0.25) is 0 Å². The van der Waals surface area contributed by atoms with E-state index in [1.165, 1.54) is 12.1 Å². The minimum atomic E-state index is -0.617. The van der Waals surface area contributed by atoms with Crippen molar-refractivity contribution in [3.63, 3.8) is 0 Å². The number of hydrogen-bond acceptors (Lipinski definition) is 2. The van der Waals surface area contributed by atoms with Crippen LogP contribution in [0.5, 0.6) is 0 Å².